The first-order chi connectivity index (χ1) is 15.4. The number of ether oxygens (including phenoxy) is 1. The van der Waals surface area contributed by atoms with Crippen LogP contribution in [0, 0.1) is 10.1 Å². The van der Waals surface area contributed by atoms with Gasteiger partial charge in [0.2, 0.25) is 0 Å². The van der Waals surface area contributed by atoms with E-state index in [0.717, 1.165) is 11.6 Å². The standard InChI is InChI=1S/C22H20N4O5S/c1-31-22-12-6-5-11-20(22)25-32(29,30)18-13-14-19(21(16-18)26(27)28)24-23-15-7-10-17-8-3-2-4-9-17/h2-16,24-25H,1H3. The Labute approximate surface area is 185 Å². The molecule has 10 heteroatoms. The Balaban J connectivity index is 1.78. The highest BCUT2D eigenvalue weighted by molar-refractivity contribution is 7.92. The van der Waals surface area contributed by atoms with Crippen molar-refractivity contribution in [2.45, 2.75) is 4.90 Å². The first-order valence-corrected chi connectivity index (χ1v) is 10.8. The molecule has 3 aromatic carbocycles. The van der Waals surface area contributed by atoms with Crippen molar-refractivity contribution in [3.05, 3.63) is 94.6 Å². The van der Waals surface area contributed by atoms with Crippen LogP contribution < -0.4 is 14.9 Å². The zero-order valence-corrected chi connectivity index (χ0v) is 17.8. The monoisotopic (exact) mass is 452 g/mol. The number of nitro benzene ring substituents is 1. The summed E-state index contributed by atoms with van der Waals surface area (Å²) in [6.07, 6.45) is 4.92. The maximum absolute atomic E-state index is 12.7. The van der Waals surface area contributed by atoms with Crippen molar-refractivity contribution in [3.63, 3.8) is 0 Å². The molecule has 0 heterocycles. The zero-order valence-electron chi connectivity index (χ0n) is 17.0. The zero-order chi connectivity index (χ0) is 23.0. The van der Waals surface area contributed by atoms with Gasteiger partial charge < -0.3 is 4.74 Å². The summed E-state index contributed by atoms with van der Waals surface area (Å²) in [7, 11) is -2.68. The van der Waals surface area contributed by atoms with E-state index in [-0.39, 0.29) is 16.3 Å². The maximum atomic E-state index is 12.7. The molecule has 0 aliphatic rings. The van der Waals surface area contributed by atoms with Gasteiger partial charge >= 0.3 is 0 Å². The first kappa shape index (κ1) is 22.5. The van der Waals surface area contributed by atoms with Crippen molar-refractivity contribution in [3.8, 4) is 5.75 Å². The lowest BCUT2D eigenvalue weighted by Gasteiger charge is -2.12. The largest absolute Gasteiger partial charge is 0.495 e. The summed E-state index contributed by atoms with van der Waals surface area (Å²) < 4.78 is 33.0. The van der Waals surface area contributed by atoms with E-state index >= 15 is 0 Å². The van der Waals surface area contributed by atoms with Gasteiger partial charge in [0.1, 0.15) is 11.4 Å². The molecule has 164 valence electrons. The summed E-state index contributed by atoms with van der Waals surface area (Å²) in [4.78, 5) is 10.5. The number of anilines is 2. The Morgan fingerprint density at radius 1 is 1.00 bits per heavy atom. The van der Waals surface area contributed by atoms with Crippen LogP contribution in [-0.2, 0) is 10.0 Å². The summed E-state index contributed by atoms with van der Waals surface area (Å²) in [6.45, 7) is 0. The number of allylic oxidation sites excluding steroid dienone is 1. The quantitative estimate of drug-likeness (QED) is 0.280. The molecule has 0 saturated carbocycles. The average Bonchev–Trinajstić information content (AvgIpc) is 2.79. The third-order valence-corrected chi connectivity index (χ3v) is 5.62. The predicted octanol–water partition coefficient (Wildman–Crippen LogP) is 4.52. The maximum Gasteiger partial charge on any atom is 0.295 e. The number of nitro groups is 1. The number of sulfonamides is 1. The third-order valence-electron chi connectivity index (χ3n) is 4.26. The number of para-hydroxylation sites is 2. The fourth-order valence-corrected chi connectivity index (χ4v) is 3.81. The molecule has 0 aliphatic heterocycles. The molecule has 0 fully saturated rings. The summed E-state index contributed by atoms with van der Waals surface area (Å²) in [5.74, 6) is 0.321. The van der Waals surface area contributed by atoms with E-state index in [9.17, 15) is 18.5 Å². The van der Waals surface area contributed by atoms with Gasteiger partial charge in [-0.2, -0.15) is 5.10 Å². The van der Waals surface area contributed by atoms with Gasteiger partial charge in [0.25, 0.3) is 15.7 Å². The number of hydrazone groups is 1. The lowest BCUT2D eigenvalue weighted by molar-refractivity contribution is -0.384. The molecular weight excluding hydrogens is 432 g/mol. The Morgan fingerprint density at radius 3 is 2.44 bits per heavy atom. The molecular formula is C22H20N4O5S. The number of rotatable bonds is 9. The summed E-state index contributed by atoms with van der Waals surface area (Å²) >= 11 is 0. The highest BCUT2D eigenvalue weighted by Gasteiger charge is 2.22. The second kappa shape index (κ2) is 10.2. The van der Waals surface area contributed by atoms with Gasteiger partial charge in [0.05, 0.1) is 22.6 Å². The van der Waals surface area contributed by atoms with Gasteiger partial charge in [-0.05, 0) is 35.9 Å². The van der Waals surface area contributed by atoms with Crippen LogP contribution in [0.2, 0.25) is 0 Å². The van der Waals surface area contributed by atoms with E-state index in [4.69, 9.17) is 4.74 Å². The molecule has 2 N–H and O–H groups in total. The molecule has 3 rings (SSSR count). The van der Waals surface area contributed by atoms with Crippen molar-refractivity contribution < 1.29 is 18.1 Å². The van der Waals surface area contributed by atoms with Gasteiger partial charge in [-0.3, -0.25) is 20.3 Å². The Hall–Kier alpha value is -4.18. The Morgan fingerprint density at radius 2 is 1.72 bits per heavy atom. The third kappa shape index (κ3) is 5.70. The summed E-state index contributed by atoms with van der Waals surface area (Å²) in [5.41, 5.74) is 3.38. The second-order valence-corrected chi connectivity index (χ2v) is 8.08. The molecule has 0 bridgehead atoms. The highest BCUT2D eigenvalue weighted by Crippen LogP contribution is 2.30. The minimum absolute atomic E-state index is 0.0515. The molecule has 9 nitrogen and oxygen atoms in total. The van der Waals surface area contributed by atoms with E-state index in [1.165, 1.54) is 31.5 Å². The SMILES string of the molecule is COc1ccccc1NS(=O)(=O)c1ccc(NN=CC=Cc2ccccc2)c([N+](=O)[O-])c1. The number of hydrogen-bond donors (Lipinski definition) is 2. The molecule has 3 aromatic rings. The lowest BCUT2D eigenvalue weighted by atomic mass is 10.2. The van der Waals surface area contributed by atoms with Crippen molar-refractivity contribution in [2.75, 3.05) is 17.3 Å². The van der Waals surface area contributed by atoms with Crippen LogP contribution >= 0.6 is 0 Å². The number of hydrogen-bond acceptors (Lipinski definition) is 7. The molecule has 0 radical (unpaired) electrons. The van der Waals surface area contributed by atoms with Gasteiger partial charge in [-0.1, -0.05) is 48.5 Å². The normalized spacial score (nSPS) is 11.5. The van der Waals surface area contributed by atoms with Gasteiger partial charge in [-0.15, -0.1) is 0 Å². The van der Waals surface area contributed by atoms with Crippen molar-refractivity contribution >= 4 is 39.4 Å². The minimum atomic E-state index is -4.09. The number of benzene rings is 3. The van der Waals surface area contributed by atoms with Crippen LogP contribution in [0.5, 0.6) is 5.75 Å². The van der Waals surface area contributed by atoms with E-state index in [0.29, 0.717) is 5.75 Å². The molecule has 0 aliphatic carbocycles. The molecule has 0 amide bonds. The molecule has 0 aromatic heterocycles. The van der Waals surface area contributed by atoms with E-state index in [1.807, 2.05) is 36.4 Å². The average molecular weight is 452 g/mol. The highest BCUT2D eigenvalue weighted by atomic mass is 32.2. The smallest absolute Gasteiger partial charge is 0.295 e. The number of nitrogens with one attached hydrogen (secondary N) is 2. The van der Waals surface area contributed by atoms with Crippen molar-refractivity contribution in [2.24, 2.45) is 5.10 Å². The molecule has 32 heavy (non-hydrogen) atoms. The van der Waals surface area contributed by atoms with Crippen LogP contribution in [0.1, 0.15) is 5.56 Å². The minimum Gasteiger partial charge on any atom is -0.495 e. The fraction of sp³-hybridized carbons (Fsp3) is 0.0455. The topological polar surface area (TPSA) is 123 Å². The van der Waals surface area contributed by atoms with E-state index in [2.05, 4.69) is 15.2 Å². The van der Waals surface area contributed by atoms with Crippen LogP contribution in [0.3, 0.4) is 0 Å². The first-order valence-electron chi connectivity index (χ1n) is 9.36. The van der Waals surface area contributed by atoms with Gasteiger partial charge in [0.15, 0.2) is 0 Å². The predicted molar refractivity (Wildman–Crippen MR) is 124 cm³/mol. The summed E-state index contributed by atoms with van der Waals surface area (Å²) in [6, 6.07) is 19.5. The summed E-state index contributed by atoms with van der Waals surface area (Å²) in [5, 5.41) is 15.4. The van der Waals surface area contributed by atoms with E-state index < -0.39 is 20.6 Å². The second-order valence-electron chi connectivity index (χ2n) is 6.40. The number of nitrogens with zero attached hydrogens (tertiary/aromatic N) is 2. The number of methoxy groups -OCH3 is 1. The molecule has 0 spiro atoms. The van der Waals surface area contributed by atoms with Crippen LogP contribution in [0.15, 0.2) is 88.9 Å². The van der Waals surface area contributed by atoms with Gasteiger partial charge in [0, 0.05) is 12.3 Å². The molecule has 0 saturated heterocycles. The van der Waals surface area contributed by atoms with Crippen molar-refractivity contribution in [1.29, 1.82) is 0 Å². The Bertz CT molecular complexity index is 1260. The lowest BCUT2D eigenvalue weighted by Crippen LogP contribution is -2.14. The Kier molecular flexibility index (Phi) is 7.19. The van der Waals surface area contributed by atoms with Crippen LogP contribution in [0.4, 0.5) is 17.1 Å². The van der Waals surface area contributed by atoms with Crippen LogP contribution in [-0.4, -0.2) is 26.7 Å². The van der Waals surface area contributed by atoms with Crippen LogP contribution in [0.25, 0.3) is 6.08 Å². The van der Waals surface area contributed by atoms with E-state index in [1.54, 1.807) is 24.3 Å². The fourth-order valence-electron chi connectivity index (χ4n) is 2.72. The molecule has 0 unspecified atom stereocenters. The van der Waals surface area contributed by atoms with Gasteiger partial charge in [-0.25, -0.2) is 8.42 Å². The van der Waals surface area contributed by atoms with Crippen molar-refractivity contribution in [1.82, 2.24) is 0 Å². The molecule has 0 atom stereocenters.